The number of carbonyl (C=O) groups is 1. The average Bonchev–Trinajstić information content (AvgIpc) is 3.15. The van der Waals surface area contributed by atoms with E-state index in [-0.39, 0.29) is 5.91 Å². The highest BCUT2D eigenvalue weighted by atomic mass is 32.1. The number of hydrogen-bond acceptors (Lipinski definition) is 3. The molecule has 1 aliphatic carbocycles. The minimum absolute atomic E-state index is 0.229. The summed E-state index contributed by atoms with van der Waals surface area (Å²) >= 11 is 1.81. The van der Waals surface area contributed by atoms with E-state index in [9.17, 15) is 4.79 Å². The number of carbonyl (C=O) groups excluding carboxylic acids is 1. The lowest BCUT2D eigenvalue weighted by atomic mass is 9.80. The van der Waals surface area contributed by atoms with E-state index in [0.29, 0.717) is 19.0 Å². The zero-order valence-corrected chi connectivity index (χ0v) is 17.8. The Kier molecular flexibility index (Phi) is 7.16. The summed E-state index contributed by atoms with van der Waals surface area (Å²) in [4.78, 5) is 20.3. The Morgan fingerprint density at radius 3 is 2.81 bits per heavy atom. The van der Waals surface area contributed by atoms with E-state index in [0.717, 1.165) is 37.3 Å². The maximum Gasteiger partial charge on any atom is 0.224 e. The van der Waals surface area contributed by atoms with Crippen LogP contribution in [-0.2, 0) is 17.8 Å². The van der Waals surface area contributed by atoms with Gasteiger partial charge in [0, 0.05) is 44.0 Å². The molecule has 2 aliphatic rings. The lowest BCUT2D eigenvalue weighted by Crippen LogP contribution is -2.46. The molecule has 3 rings (SSSR count). The van der Waals surface area contributed by atoms with Gasteiger partial charge in [0.1, 0.15) is 0 Å². The van der Waals surface area contributed by atoms with E-state index in [1.807, 2.05) is 16.2 Å². The first-order chi connectivity index (χ1) is 13.1. The van der Waals surface area contributed by atoms with E-state index >= 15 is 0 Å². The standard InChI is InChI=1S/C21H34N4OS/c1-15(2)16-4-6-18(7-5-16)24-21(22-3)23-11-8-20(26)25-12-9-19-17(14-25)10-13-27-19/h10,13,15-16,18H,4-9,11-12,14H2,1-3H3,(H2,22,23,24). The van der Waals surface area contributed by atoms with Crippen molar-refractivity contribution < 1.29 is 4.79 Å². The summed E-state index contributed by atoms with van der Waals surface area (Å²) in [7, 11) is 1.81. The molecule has 150 valence electrons. The van der Waals surface area contributed by atoms with Crippen molar-refractivity contribution in [3.05, 3.63) is 21.9 Å². The molecule has 1 aromatic rings. The number of fused-ring (bicyclic) bond motifs is 1. The van der Waals surface area contributed by atoms with Gasteiger partial charge in [-0.1, -0.05) is 13.8 Å². The van der Waals surface area contributed by atoms with Crippen molar-refractivity contribution in [3.8, 4) is 0 Å². The molecule has 0 spiro atoms. The highest BCUT2D eigenvalue weighted by Gasteiger charge is 2.24. The first kappa shape index (κ1) is 20.2. The molecular formula is C21H34N4OS. The van der Waals surface area contributed by atoms with Gasteiger partial charge in [-0.2, -0.15) is 0 Å². The first-order valence-electron chi connectivity index (χ1n) is 10.4. The molecule has 0 bridgehead atoms. The van der Waals surface area contributed by atoms with Crippen molar-refractivity contribution in [3.63, 3.8) is 0 Å². The van der Waals surface area contributed by atoms with Gasteiger partial charge in [0.15, 0.2) is 5.96 Å². The van der Waals surface area contributed by atoms with Gasteiger partial charge in [-0.3, -0.25) is 9.79 Å². The van der Waals surface area contributed by atoms with E-state index in [1.54, 1.807) is 7.05 Å². The van der Waals surface area contributed by atoms with Crippen LogP contribution in [0.3, 0.4) is 0 Å². The van der Waals surface area contributed by atoms with Crippen molar-refractivity contribution in [1.29, 1.82) is 0 Å². The molecule has 0 atom stereocenters. The molecule has 1 aliphatic heterocycles. The Hall–Kier alpha value is -1.56. The number of nitrogens with zero attached hydrogens (tertiary/aromatic N) is 2. The minimum Gasteiger partial charge on any atom is -0.356 e. The molecular weight excluding hydrogens is 356 g/mol. The minimum atomic E-state index is 0.229. The predicted octanol–water partition coefficient (Wildman–Crippen LogP) is 3.40. The molecule has 5 nitrogen and oxygen atoms in total. The number of aliphatic imine (C=N–C) groups is 1. The van der Waals surface area contributed by atoms with Crippen molar-refractivity contribution in [2.45, 2.75) is 65.0 Å². The molecule has 0 saturated heterocycles. The van der Waals surface area contributed by atoms with Gasteiger partial charge >= 0.3 is 0 Å². The second-order valence-electron chi connectivity index (χ2n) is 8.18. The molecule has 2 heterocycles. The Morgan fingerprint density at radius 2 is 2.11 bits per heavy atom. The van der Waals surface area contributed by atoms with Crippen LogP contribution >= 0.6 is 11.3 Å². The number of thiophene rings is 1. The van der Waals surface area contributed by atoms with Crippen LogP contribution in [0, 0.1) is 11.8 Å². The van der Waals surface area contributed by atoms with E-state index in [2.05, 4.69) is 40.9 Å². The molecule has 1 amide bonds. The van der Waals surface area contributed by atoms with Crippen molar-refractivity contribution in [1.82, 2.24) is 15.5 Å². The van der Waals surface area contributed by atoms with Gasteiger partial charge in [0.2, 0.25) is 5.91 Å². The number of rotatable bonds is 5. The lowest BCUT2D eigenvalue weighted by molar-refractivity contribution is -0.131. The molecule has 1 aromatic heterocycles. The zero-order chi connectivity index (χ0) is 19.2. The first-order valence-corrected chi connectivity index (χ1v) is 11.2. The van der Waals surface area contributed by atoms with Gasteiger partial charge in [-0.05, 0) is 60.9 Å². The van der Waals surface area contributed by atoms with Crippen molar-refractivity contribution >= 4 is 23.2 Å². The van der Waals surface area contributed by atoms with Crippen LogP contribution in [0.5, 0.6) is 0 Å². The molecule has 1 fully saturated rings. The van der Waals surface area contributed by atoms with Crippen LogP contribution in [-0.4, -0.2) is 42.9 Å². The van der Waals surface area contributed by atoms with Crippen LogP contribution in [0.25, 0.3) is 0 Å². The smallest absolute Gasteiger partial charge is 0.224 e. The summed E-state index contributed by atoms with van der Waals surface area (Å²) < 4.78 is 0. The zero-order valence-electron chi connectivity index (χ0n) is 17.0. The van der Waals surface area contributed by atoms with E-state index in [4.69, 9.17) is 0 Å². The summed E-state index contributed by atoms with van der Waals surface area (Å²) in [5, 5.41) is 9.00. The van der Waals surface area contributed by atoms with Gasteiger partial charge in [0.25, 0.3) is 0 Å². The van der Waals surface area contributed by atoms with Crippen molar-refractivity contribution in [2.24, 2.45) is 16.8 Å². The van der Waals surface area contributed by atoms with Crippen LogP contribution < -0.4 is 10.6 Å². The molecule has 0 unspecified atom stereocenters. The fourth-order valence-electron chi connectivity index (χ4n) is 4.23. The summed E-state index contributed by atoms with van der Waals surface area (Å²) in [6, 6.07) is 2.65. The molecule has 2 N–H and O–H groups in total. The normalized spacial score (nSPS) is 23.3. The summed E-state index contributed by atoms with van der Waals surface area (Å²) in [5.74, 6) is 2.71. The fourth-order valence-corrected chi connectivity index (χ4v) is 5.12. The van der Waals surface area contributed by atoms with Crippen LogP contribution in [0.15, 0.2) is 16.4 Å². The molecule has 27 heavy (non-hydrogen) atoms. The van der Waals surface area contributed by atoms with Crippen LogP contribution in [0.1, 0.15) is 56.4 Å². The Balaban J connectivity index is 1.37. The Bertz CT molecular complexity index is 646. The molecule has 1 saturated carbocycles. The quantitative estimate of drug-likeness (QED) is 0.598. The summed E-state index contributed by atoms with van der Waals surface area (Å²) in [5.41, 5.74) is 1.32. The highest BCUT2D eigenvalue weighted by Crippen LogP contribution is 2.29. The Morgan fingerprint density at radius 1 is 1.33 bits per heavy atom. The summed E-state index contributed by atoms with van der Waals surface area (Å²) in [6.45, 7) is 6.91. The van der Waals surface area contributed by atoms with Gasteiger partial charge < -0.3 is 15.5 Å². The second-order valence-corrected chi connectivity index (χ2v) is 9.18. The third-order valence-corrected chi connectivity index (χ3v) is 7.09. The third-order valence-electron chi connectivity index (χ3n) is 6.07. The van der Waals surface area contributed by atoms with Crippen LogP contribution in [0.4, 0.5) is 0 Å². The van der Waals surface area contributed by atoms with Crippen molar-refractivity contribution in [2.75, 3.05) is 20.1 Å². The predicted molar refractivity (Wildman–Crippen MR) is 113 cm³/mol. The largest absolute Gasteiger partial charge is 0.356 e. The maximum atomic E-state index is 12.5. The maximum absolute atomic E-state index is 12.5. The highest BCUT2D eigenvalue weighted by molar-refractivity contribution is 7.10. The molecule has 0 radical (unpaired) electrons. The number of amides is 1. The Labute approximate surface area is 167 Å². The van der Waals surface area contributed by atoms with Gasteiger partial charge in [-0.15, -0.1) is 11.3 Å². The SMILES string of the molecule is CN=C(NCCC(=O)N1CCc2sccc2C1)NC1CCC(C(C)C)CC1. The van der Waals surface area contributed by atoms with E-state index < -0.39 is 0 Å². The van der Waals surface area contributed by atoms with Gasteiger partial charge in [-0.25, -0.2) is 0 Å². The van der Waals surface area contributed by atoms with Crippen LogP contribution in [0.2, 0.25) is 0 Å². The number of hydrogen-bond donors (Lipinski definition) is 2. The second kappa shape index (κ2) is 9.58. The fraction of sp³-hybridized carbons (Fsp3) is 0.714. The lowest BCUT2D eigenvalue weighted by Gasteiger charge is -2.32. The molecule has 0 aromatic carbocycles. The number of guanidine groups is 1. The average molecular weight is 391 g/mol. The number of nitrogens with one attached hydrogen (secondary N) is 2. The molecule has 6 heteroatoms. The third kappa shape index (κ3) is 5.47. The topological polar surface area (TPSA) is 56.7 Å². The van der Waals surface area contributed by atoms with Gasteiger partial charge in [0.05, 0.1) is 0 Å². The summed E-state index contributed by atoms with van der Waals surface area (Å²) in [6.07, 6.45) is 6.52. The van der Waals surface area contributed by atoms with E-state index in [1.165, 1.54) is 36.1 Å². The monoisotopic (exact) mass is 390 g/mol.